The van der Waals surface area contributed by atoms with E-state index >= 15 is 0 Å². The van der Waals surface area contributed by atoms with E-state index < -0.39 is 0 Å². The van der Waals surface area contributed by atoms with Crippen molar-refractivity contribution in [2.24, 2.45) is 0 Å². The van der Waals surface area contributed by atoms with Crippen LogP contribution in [-0.4, -0.2) is 62.9 Å². The van der Waals surface area contributed by atoms with Gasteiger partial charge in [-0.2, -0.15) is 0 Å². The van der Waals surface area contributed by atoms with Crippen molar-refractivity contribution in [3.63, 3.8) is 0 Å². The molecule has 0 fully saturated rings. The second-order valence-corrected chi connectivity index (χ2v) is 5.12. The maximum absolute atomic E-state index is 11.8. The first-order valence-corrected chi connectivity index (χ1v) is 6.36. The van der Waals surface area contributed by atoms with Crippen molar-refractivity contribution < 1.29 is 9.59 Å². The minimum Gasteiger partial charge on any atom is -0.323 e. The Kier molecular flexibility index (Phi) is 6.14. The van der Waals surface area contributed by atoms with Gasteiger partial charge in [-0.1, -0.05) is 12.1 Å². The Hall–Kier alpha value is -1.92. The molecule has 0 radical (unpaired) electrons. The largest absolute Gasteiger partial charge is 0.323 e. The molecule has 0 saturated carbocycles. The number of anilines is 2. The van der Waals surface area contributed by atoms with Crippen LogP contribution in [0.15, 0.2) is 24.3 Å². The molecular formula is C14H22N4O2. The van der Waals surface area contributed by atoms with Crippen molar-refractivity contribution in [1.82, 2.24) is 9.80 Å². The number of likely N-dealkylation sites (N-methyl/N-ethyl adjacent to an activating group) is 2. The van der Waals surface area contributed by atoms with Crippen molar-refractivity contribution in [1.29, 1.82) is 0 Å². The van der Waals surface area contributed by atoms with E-state index in [1.165, 1.54) is 0 Å². The lowest BCUT2D eigenvalue weighted by Crippen LogP contribution is -2.29. The predicted molar refractivity (Wildman–Crippen MR) is 80.8 cm³/mol. The summed E-state index contributed by atoms with van der Waals surface area (Å²) in [7, 11) is 7.30. The fourth-order valence-electron chi connectivity index (χ4n) is 1.66. The molecule has 0 aliphatic heterocycles. The second kappa shape index (κ2) is 7.62. The van der Waals surface area contributed by atoms with E-state index in [-0.39, 0.29) is 11.8 Å². The highest BCUT2D eigenvalue weighted by Crippen LogP contribution is 2.20. The summed E-state index contributed by atoms with van der Waals surface area (Å²) in [6.07, 6.45) is 0. The fourth-order valence-corrected chi connectivity index (χ4v) is 1.66. The summed E-state index contributed by atoms with van der Waals surface area (Å²) in [5.74, 6) is -0.242. The Morgan fingerprint density at radius 1 is 0.850 bits per heavy atom. The topological polar surface area (TPSA) is 64.7 Å². The van der Waals surface area contributed by atoms with E-state index in [1.807, 2.05) is 40.3 Å². The van der Waals surface area contributed by atoms with Gasteiger partial charge in [0, 0.05) is 0 Å². The zero-order chi connectivity index (χ0) is 15.1. The Labute approximate surface area is 119 Å². The van der Waals surface area contributed by atoms with Crippen molar-refractivity contribution in [2.75, 3.05) is 51.9 Å². The molecular weight excluding hydrogens is 256 g/mol. The van der Waals surface area contributed by atoms with Crippen LogP contribution < -0.4 is 10.6 Å². The average Bonchev–Trinajstić information content (AvgIpc) is 2.29. The summed E-state index contributed by atoms with van der Waals surface area (Å²) in [5.41, 5.74) is 1.21. The van der Waals surface area contributed by atoms with E-state index in [0.29, 0.717) is 24.5 Å². The van der Waals surface area contributed by atoms with Gasteiger partial charge >= 0.3 is 0 Å². The minimum atomic E-state index is -0.121. The molecule has 0 spiro atoms. The molecule has 0 atom stereocenters. The van der Waals surface area contributed by atoms with Gasteiger partial charge in [-0.3, -0.25) is 9.59 Å². The normalized spacial score (nSPS) is 10.7. The lowest BCUT2D eigenvalue weighted by atomic mass is 10.2. The van der Waals surface area contributed by atoms with Gasteiger partial charge in [0.05, 0.1) is 24.5 Å². The number of para-hydroxylation sites is 2. The van der Waals surface area contributed by atoms with E-state index in [0.717, 1.165) is 0 Å². The summed E-state index contributed by atoms with van der Waals surface area (Å²) in [6.45, 7) is 0.583. The Morgan fingerprint density at radius 2 is 1.20 bits per heavy atom. The van der Waals surface area contributed by atoms with Gasteiger partial charge in [0.15, 0.2) is 0 Å². The molecule has 0 aliphatic carbocycles. The predicted octanol–water partition coefficient (Wildman–Crippen LogP) is 0.687. The summed E-state index contributed by atoms with van der Waals surface area (Å²) < 4.78 is 0. The number of hydrogen-bond donors (Lipinski definition) is 2. The molecule has 1 rings (SSSR count). The van der Waals surface area contributed by atoms with Crippen molar-refractivity contribution in [3.05, 3.63) is 24.3 Å². The van der Waals surface area contributed by atoms with E-state index in [4.69, 9.17) is 0 Å². The van der Waals surface area contributed by atoms with E-state index in [1.54, 1.807) is 21.9 Å². The molecule has 0 aromatic heterocycles. The standard InChI is InChI=1S/C14H22N4O2/c1-17(2)9-13(19)15-11-7-5-6-8-12(11)16-14(20)10-18(3)4/h5-8H,9-10H2,1-4H3,(H,15,19)(H,16,20). The quantitative estimate of drug-likeness (QED) is 0.803. The molecule has 2 amide bonds. The van der Waals surface area contributed by atoms with Crippen LogP contribution >= 0.6 is 0 Å². The SMILES string of the molecule is CN(C)CC(=O)Nc1ccccc1NC(=O)CN(C)C. The highest BCUT2D eigenvalue weighted by Gasteiger charge is 2.10. The first-order chi connectivity index (χ1) is 9.38. The Morgan fingerprint density at radius 3 is 1.50 bits per heavy atom. The van der Waals surface area contributed by atoms with Crippen LogP contribution in [-0.2, 0) is 9.59 Å². The minimum absolute atomic E-state index is 0.121. The Bertz CT molecular complexity index is 429. The van der Waals surface area contributed by atoms with Crippen molar-refractivity contribution in [3.8, 4) is 0 Å². The number of nitrogens with zero attached hydrogens (tertiary/aromatic N) is 2. The number of carbonyl (C=O) groups is 2. The summed E-state index contributed by atoms with van der Waals surface area (Å²) in [5, 5.41) is 5.58. The molecule has 0 bridgehead atoms. The number of carbonyl (C=O) groups excluding carboxylic acids is 2. The Balaban J connectivity index is 2.73. The van der Waals surface area contributed by atoms with Crippen LogP contribution in [0.3, 0.4) is 0 Å². The molecule has 1 aromatic carbocycles. The molecule has 6 heteroatoms. The second-order valence-electron chi connectivity index (χ2n) is 5.12. The van der Waals surface area contributed by atoms with E-state index in [9.17, 15) is 9.59 Å². The number of rotatable bonds is 6. The van der Waals surface area contributed by atoms with Crippen molar-refractivity contribution >= 4 is 23.2 Å². The number of benzene rings is 1. The van der Waals surface area contributed by atoms with Gasteiger partial charge in [-0.15, -0.1) is 0 Å². The van der Waals surface area contributed by atoms with Crippen LogP contribution in [0.1, 0.15) is 0 Å². The monoisotopic (exact) mass is 278 g/mol. The van der Waals surface area contributed by atoms with Crippen LogP contribution in [0.5, 0.6) is 0 Å². The molecule has 0 aliphatic rings. The van der Waals surface area contributed by atoms with Crippen LogP contribution in [0, 0.1) is 0 Å². The van der Waals surface area contributed by atoms with Gasteiger partial charge in [0.25, 0.3) is 0 Å². The molecule has 2 N–H and O–H groups in total. The molecule has 110 valence electrons. The number of nitrogens with one attached hydrogen (secondary N) is 2. The van der Waals surface area contributed by atoms with Gasteiger partial charge in [0.1, 0.15) is 0 Å². The molecule has 1 aromatic rings. The van der Waals surface area contributed by atoms with Crippen LogP contribution in [0.2, 0.25) is 0 Å². The van der Waals surface area contributed by atoms with Gasteiger partial charge < -0.3 is 20.4 Å². The first-order valence-electron chi connectivity index (χ1n) is 6.36. The van der Waals surface area contributed by atoms with Gasteiger partial charge in [-0.25, -0.2) is 0 Å². The smallest absolute Gasteiger partial charge is 0.238 e. The van der Waals surface area contributed by atoms with E-state index in [2.05, 4.69) is 10.6 Å². The summed E-state index contributed by atoms with van der Waals surface area (Å²) >= 11 is 0. The number of hydrogen-bond acceptors (Lipinski definition) is 4. The van der Waals surface area contributed by atoms with Gasteiger partial charge in [-0.05, 0) is 40.3 Å². The zero-order valence-corrected chi connectivity index (χ0v) is 12.4. The summed E-state index contributed by atoms with van der Waals surface area (Å²) in [6, 6.07) is 7.15. The molecule has 20 heavy (non-hydrogen) atoms. The average molecular weight is 278 g/mol. The maximum atomic E-state index is 11.8. The molecule has 0 unspecified atom stereocenters. The third-order valence-electron chi connectivity index (χ3n) is 2.39. The fraction of sp³-hybridized carbons (Fsp3) is 0.429. The lowest BCUT2D eigenvalue weighted by molar-refractivity contribution is -0.117. The highest BCUT2D eigenvalue weighted by molar-refractivity contribution is 6.00. The summed E-state index contributed by atoms with van der Waals surface area (Å²) in [4.78, 5) is 27.1. The third-order valence-corrected chi connectivity index (χ3v) is 2.39. The lowest BCUT2D eigenvalue weighted by Gasteiger charge is -2.15. The number of amides is 2. The first kappa shape index (κ1) is 16.1. The molecule has 6 nitrogen and oxygen atoms in total. The van der Waals surface area contributed by atoms with Crippen molar-refractivity contribution in [2.45, 2.75) is 0 Å². The van der Waals surface area contributed by atoms with Crippen LogP contribution in [0.25, 0.3) is 0 Å². The van der Waals surface area contributed by atoms with Gasteiger partial charge in [0.2, 0.25) is 11.8 Å². The zero-order valence-electron chi connectivity index (χ0n) is 12.4. The maximum Gasteiger partial charge on any atom is 0.238 e. The van der Waals surface area contributed by atoms with Crippen LogP contribution in [0.4, 0.5) is 11.4 Å². The molecule has 0 saturated heterocycles. The highest BCUT2D eigenvalue weighted by atomic mass is 16.2. The molecule has 0 heterocycles. The third kappa shape index (κ3) is 5.81.